The number of benzene rings is 1. The summed E-state index contributed by atoms with van der Waals surface area (Å²) in [6, 6.07) is 8.46. The van der Waals surface area contributed by atoms with Gasteiger partial charge < -0.3 is 5.32 Å². The van der Waals surface area contributed by atoms with E-state index in [1.54, 1.807) is 30.3 Å². The molecule has 1 aromatic heterocycles. The van der Waals surface area contributed by atoms with Gasteiger partial charge in [0.1, 0.15) is 0 Å². The molecule has 0 saturated heterocycles. The first-order chi connectivity index (χ1) is 11.0. The van der Waals surface area contributed by atoms with Gasteiger partial charge in [0.05, 0.1) is 11.8 Å². The van der Waals surface area contributed by atoms with Crippen LogP contribution in [0.15, 0.2) is 41.6 Å². The van der Waals surface area contributed by atoms with Crippen molar-refractivity contribution in [3.05, 3.63) is 42.1 Å². The number of sulfonamides is 1. The van der Waals surface area contributed by atoms with Gasteiger partial charge in [-0.1, -0.05) is 38.0 Å². The van der Waals surface area contributed by atoms with E-state index in [-0.39, 0.29) is 10.6 Å². The summed E-state index contributed by atoms with van der Waals surface area (Å²) in [6.45, 7) is 2.57. The van der Waals surface area contributed by atoms with Crippen LogP contribution in [0.4, 0.5) is 5.69 Å². The lowest BCUT2D eigenvalue weighted by Gasteiger charge is -2.08. The van der Waals surface area contributed by atoms with Crippen molar-refractivity contribution < 1.29 is 13.2 Å². The summed E-state index contributed by atoms with van der Waals surface area (Å²) < 4.78 is 27.2. The Morgan fingerprint density at radius 2 is 1.96 bits per heavy atom. The second-order valence-electron chi connectivity index (χ2n) is 5.05. The van der Waals surface area contributed by atoms with E-state index in [1.165, 1.54) is 6.20 Å². The maximum atomic E-state index is 12.4. The molecule has 0 fully saturated rings. The largest absolute Gasteiger partial charge is 0.352 e. The number of nitrogens with one attached hydrogen (secondary N) is 3. The summed E-state index contributed by atoms with van der Waals surface area (Å²) in [5.74, 6) is -0.455. The van der Waals surface area contributed by atoms with Gasteiger partial charge in [-0.25, -0.2) is 0 Å². The lowest BCUT2D eigenvalue weighted by atomic mass is 10.2. The normalized spacial score (nSPS) is 11.2. The highest BCUT2D eigenvalue weighted by Gasteiger charge is 2.24. The SMILES string of the molecule is CCCCCNC(=O)c1cn[nH]c1S(=O)(=O)Nc1ccccc1. The molecule has 23 heavy (non-hydrogen) atoms. The number of hydrogen-bond donors (Lipinski definition) is 3. The van der Waals surface area contributed by atoms with Gasteiger partial charge in [0.25, 0.3) is 15.9 Å². The number of para-hydroxylation sites is 1. The van der Waals surface area contributed by atoms with Gasteiger partial charge in [-0.05, 0) is 18.6 Å². The third kappa shape index (κ3) is 4.56. The predicted molar refractivity (Wildman–Crippen MR) is 87.7 cm³/mol. The number of aromatic amines is 1. The highest BCUT2D eigenvalue weighted by Crippen LogP contribution is 2.17. The van der Waals surface area contributed by atoms with Crippen LogP contribution in [0.1, 0.15) is 36.5 Å². The van der Waals surface area contributed by atoms with E-state index in [4.69, 9.17) is 0 Å². The van der Waals surface area contributed by atoms with E-state index < -0.39 is 15.9 Å². The lowest BCUT2D eigenvalue weighted by molar-refractivity contribution is 0.0949. The molecule has 124 valence electrons. The number of rotatable bonds is 8. The Bertz CT molecular complexity index is 741. The van der Waals surface area contributed by atoms with Crippen molar-refractivity contribution in [2.75, 3.05) is 11.3 Å². The standard InChI is InChI=1S/C15H20N4O3S/c1-2-3-7-10-16-14(20)13-11-17-18-15(13)23(21,22)19-12-8-5-4-6-9-12/h4-6,8-9,11,19H,2-3,7,10H2,1H3,(H,16,20)(H,17,18). The Hall–Kier alpha value is -2.35. The number of hydrogen-bond acceptors (Lipinski definition) is 4. The van der Waals surface area contributed by atoms with Gasteiger partial charge in [0.15, 0.2) is 5.03 Å². The van der Waals surface area contributed by atoms with E-state index >= 15 is 0 Å². The average Bonchev–Trinajstić information content (AvgIpc) is 3.02. The Balaban J connectivity index is 2.11. The van der Waals surface area contributed by atoms with Gasteiger partial charge in [0, 0.05) is 12.2 Å². The van der Waals surface area contributed by atoms with Gasteiger partial charge in [-0.15, -0.1) is 0 Å². The Labute approximate surface area is 135 Å². The average molecular weight is 336 g/mol. The van der Waals surface area contributed by atoms with Crippen molar-refractivity contribution in [1.82, 2.24) is 15.5 Å². The first kappa shape index (κ1) is 17.0. The zero-order chi connectivity index (χ0) is 16.7. The van der Waals surface area contributed by atoms with Gasteiger partial charge in [-0.3, -0.25) is 14.6 Å². The summed E-state index contributed by atoms with van der Waals surface area (Å²) in [7, 11) is -3.91. The molecular weight excluding hydrogens is 316 g/mol. The molecule has 0 aliphatic rings. The molecular formula is C15H20N4O3S. The second-order valence-corrected chi connectivity index (χ2v) is 6.67. The third-order valence-corrected chi connectivity index (χ3v) is 4.56. The zero-order valence-electron chi connectivity index (χ0n) is 12.9. The molecule has 0 saturated carbocycles. The zero-order valence-corrected chi connectivity index (χ0v) is 13.7. The van der Waals surface area contributed by atoms with Crippen LogP contribution in [0.5, 0.6) is 0 Å². The number of aromatic nitrogens is 2. The number of carbonyl (C=O) groups is 1. The lowest BCUT2D eigenvalue weighted by Crippen LogP contribution is -2.26. The van der Waals surface area contributed by atoms with Crippen LogP contribution in [0, 0.1) is 0 Å². The Kier molecular flexibility index (Phi) is 5.75. The van der Waals surface area contributed by atoms with Gasteiger partial charge in [0.2, 0.25) is 0 Å². The van der Waals surface area contributed by atoms with Crippen LogP contribution in [-0.4, -0.2) is 31.1 Å². The smallest absolute Gasteiger partial charge is 0.279 e. The fourth-order valence-corrected chi connectivity index (χ4v) is 3.18. The molecule has 0 spiro atoms. The fraction of sp³-hybridized carbons (Fsp3) is 0.333. The number of anilines is 1. The maximum absolute atomic E-state index is 12.4. The molecule has 1 amide bonds. The molecule has 0 aliphatic heterocycles. The summed E-state index contributed by atoms with van der Waals surface area (Å²) in [6.07, 6.45) is 4.12. The minimum atomic E-state index is -3.91. The van der Waals surface area contributed by atoms with Crippen molar-refractivity contribution in [1.29, 1.82) is 0 Å². The maximum Gasteiger partial charge on any atom is 0.279 e. The number of amides is 1. The van der Waals surface area contributed by atoms with Crippen molar-refractivity contribution in [3.63, 3.8) is 0 Å². The van der Waals surface area contributed by atoms with Gasteiger partial charge >= 0.3 is 0 Å². The molecule has 0 aliphatic carbocycles. The van der Waals surface area contributed by atoms with Crippen LogP contribution in [0.2, 0.25) is 0 Å². The molecule has 1 aromatic carbocycles. The van der Waals surface area contributed by atoms with E-state index in [2.05, 4.69) is 27.2 Å². The van der Waals surface area contributed by atoms with Crippen molar-refractivity contribution in [3.8, 4) is 0 Å². The topological polar surface area (TPSA) is 104 Å². The summed E-state index contributed by atoms with van der Waals surface area (Å²) in [4.78, 5) is 12.1. The predicted octanol–water partition coefficient (Wildman–Crippen LogP) is 2.13. The molecule has 3 N–H and O–H groups in total. The Morgan fingerprint density at radius 3 is 2.65 bits per heavy atom. The van der Waals surface area contributed by atoms with Crippen molar-refractivity contribution >= 4 is 21.6 Å². The third-order valence-electron chi connectivity index (χ3n) is 3.21. The van der Waals surface area contributed by atoms with Crippen LogP contribution in [0.25, 0.3) is 0 Å². The van der Waals surface area contributed by atoms with Crippen LogP contribution in [-0.2, 0) is 10.0 Å². The molecule has 0 bridgehead atoms. The molecule has 8 heteroatoms. The first-order valence-electron chi connectivity index (χ1n) is 7.44. The first-order valence-corrected chi connectivity index (χ1v) is 8.92. The minimum absolute atomic E-state index is 0.00456. The van der Waals surface area contributed by atoms with Crippen LogP contribution >= 0.6 is 0 Å². The molecule has 0 unspecified atom stereocenters. The summed E-state index contributed by atoms with van der Waals surface area (Å²) in [5, 5.41) is 8.54. The highest BCUT2D eigenvalue weighted by atomic mass is 32.2. The van der Waals surface area contributed by atoms with E-state index in [9.17, 15) is 13.2 Å². The number of carbonyl (C=O) groups excluding carboxylic acids is 1. The number of unbranched alkanes of at least 4 members (excludes halogenated alkanes) is 2. The minimum Gasteiger partial charge on any atom is -0.352 e. The number of nitrogens with zero attached hydrogens (tertiary/aromatic N) is 1. The molecule has 1 heterocycles. The fourth-order valence-electron chi connectivity index (χ4n) is 2.03. The van der Waals surface area contributed by atoms with E-state index in [0.29, 0.717) is 12.2 Å². The van der Waals surface area contributed by atoms with Crippen molar-refractivity contribution in [2.24, 2.45) is 0 Å². The summed E-state index contributed by atoms with van der Waals surface area (Å²) >= 11 is 0. The van der Waals surface area contributed by atoms with Gasteiger partial charge in [-0.2, -0.15) is 13.5 Å². The molecule has 7 nitrogen and oxygen atoms in total. The van der Waals surface area contributed by atoms with E-state index in [0.717, 1.165) is 19.3 Å². The highest BCUT2D eigenvalue weighted by molar-refractivity contribution is 7.92. The molecule has 0 radical (unpaired) electrons. The monoisotopic (exact) mass is 336 g/mol. The number of H-pyrrole nitrogens is 1. The Morgan fingerprint density at radius 1 is 1.22 bits per heavy atom. The molecule has 2 aromatic rings. The quantitative estimate of drug-likeness (QED) is 0.642. The van der Waals surface area contributed by atoms with Crippen LogP contribution < -0.4 is 10.0 Å². The molecule has 0 atom stereocenters. The van der Waals surface area contributed by atoms with Crippen LogP contribution in [0.3, 0.4) is 0 Å². The second kappa shape index (κ2) is 7.77. The van der Waals surface area contributed by atoms with Crippen molar-refractivity contribution in [2.45, 2.75) is 31.2 Å². The molecule has 2 rings (SSSR count). The van der Waals surface area contributed by atoms with E-state index in [1.807, 2.05) is 0 Å². The summed E-state index contributed by atoms with van der Waals surface area (Å²) in [5.41, 5.74) is 0.418.